The molecule has 0 N–H and O–H groups in total. The summed E-state index contributed by atoms with van der Waals surface area (Å²) in [7, 11) is -3.12. The number of para-hydroxylation sites is 1. The van der Waals surface area contributed by atoms with E-state index in [2.05, 4.69) is 0 Å². The molecular formula is C22H30N2O5S. The van der Waals surface area contributed by atoms with Gasteiger partial charge in [0.25, 0.3) is 0 Å². The van der Waals surface area contributed by atoms with E-state index >= 15 is 0 Å². The van der Waals surface area contributed by atoms with Gasteiger partial charge in [-0.3, -0.25) is 9.59 Å². The molecule has 164 valence electrons. The summed E-state index contributed by atoms with van der Waals surface area (Å²) in [6.07, 6.45) is 3.22. The summed E-state index contributed by atoms with van der Waals surface area (Å²) in [6, 6.07) is 7.47. The summed E-state index contributed by atoms with van der Waals surface area (Å²) >= 11 is 0. The van der Waals surface area contributed by atoms with Crippen LogP contribution < -0.4 is 4.90 Å². The Labute approximate surface area is 178 Å². The lowest BCUT2D eigenvalue weighted by Gasteiger charge is -2.32. The van der Waals surface area contributed by atoms with Crippen LogP contribution in [0.5, 0.6) is 0 Å². The standard InChI is InChI=1S/C22H30N2O5S/c1-2-16-6-3-4-8-20(16)24-13-17(12-21(24)25)22(26)23(14-19-7-5-10-29-19)18-9-11-30(27,28)15-18/h3-4,6,8,17-19H,2,5,7,9-15H2,1H3/t17-,18-,19-/m1/s1. The summed E-state index contributed by atoms with van der Waals surface area (Å²) in [5, 5.41) is 0. The summed E-state index contributed by atoms with van der Waals surface area (Å²) in [5.74, 6) is -0.490. The summed E-state index contributed by atoms with van der Waals surface area (Å²) in [4.78, 5) is 29.7. The van der Waals surface area contributed by atoms with Crippen molar-refractivity contribution in [2.24, 2.45) is 5.92 Å². The molecule has 0 aliphatic carbocycles. The number of carbonyl (C=O) groups is 2. The Morgan fingerprint density at radius 2 is 2.07 bits per heavy atom. The van der Waals surface area contributed by atoms with Crippen molar-refractivity contribution in [1.82, 2.24) is 4.90 Å². The van der Waals surface area contributed by atoms with Crippen LogP contribution in [0.4, 0.5) is 5.69 Å². The molecule has 4 rings (SSSR count). The number of benzene rings is 1. The van der Waals surface area contributed by atoms with Crippen LogP contribution in [-0.2, 0) is 30.6 Å². The van der Waals surface area contributed by atoms with Gasteiger partial charge in [0.2, 0.25) is 11.8 Å². The monoisotopic (exact) mass is 434 g/mol. The topological polar surface area (TPSA) is 84.0 Å². The van der Waals surface area contributed by atoms with Crippen LogP contribution in [0.15, 0.2) is 24.3 Å². The Balaban J connectivity index is 1.53. The molecule has 7 nitrogen and oxygen atoms in total. The third-order valence-corrected chi connectivity index (χ3v) is 8.24. The zero-order chi connectivity index (χ0) is 21.3. The molecule has 0 bridgehead atoms. The fourth-order valence-electron chi connectivity index (χ4n) is 4.86. The van der Waals surface area contributed by atoms with Crippen LogP contribution in [-0.4, -0.2) is 68.5 Å². The first kappa shape index (κ1) is 21.3. The van der Waals surface area contributed by atoms with E-state index in [4.69, 9.17) is 4.74 Å². The van der Waals surface area contributed by atoms with Crippen molar-refractivity contribution in [2.75, 3.05) is 36.1 Å². The third kappa shape index (κ3) is 4.39. The Morgan fingerprint density at radius 3 is 2.73 bits per heavy atom. The van der Waals surface area contributed by atoms with Gasteiger partial charge < -0.3 is 14.5 Å². The summed E-state index contributed by atoms with van der Waals surface area (Å²) in [6.45, 7) is 3.48. The fourth-order valence-corrected chi connectivity index (χ4v) is 6.59. The molecule has 0 saturated carbocycles. The van der Waals surface area contributed by atoms with Gasteiger partial charge in [-0.25, -0.2) is 8.42 Å². The van der Waals surface area contributed by atoms with Crippen molar-refractivity contribution in [3.05, 3.63) is 29.8 Å². The summed E-state index contributed by atoms with van der Waals surface area (Å²) in [5.41, 5.74) is 1.95. The number of nitrogens with zero attached hydrogens (tertiary/aromatic N) is 2. The zero-order valence-corrected chi connectivity index (χ0v) is 18.3. The van der Waals surface area contributed by atoms with Crippen molar-refractivity contribution in [3.63, 3.8) is 0 Å². The Kier molecular flexibility index (Phi) is 6.16. The number of anilines is 1. The highest BCUT2D eigenvalue weighted by molar-refractivity contribution is 7.91. The lowest BCUT2D eigenvalue weighted by atomic mass is 10.0. The van der Waals surface area contributed by atoms with Gasteiger partial charge in [0.05, 0.1) is 23.5 Å². The highest BCUT2D eigenvalue weighted by Gasteiger charge is 2.42. The van der Waals surface area contributed by atoms with E-state index in [1.54, 1.807) is 9.80 Å². The maximum absolute atomic E-state index is 13.5. The minimum Gasteiger partial charge on any atom is -0.376 e. The van der Waals surface area contributed by atoms with Crippen molar-refractivity contribution < 1.29 is 22.7 Å². The average Bonchev–Trinajstić information content (AvgIpc) is 3.46. The average molecular weight is 435 g/mol. The van der Waals surface area contributed by atoms with E-state index in [1.165, 1.54) is 0 Å². The highest BCUT2D eigenvalue weighted by atomic mass is 32.2. The van der Waals surface area contributed by atoms with Gasteiger partial charge >= 0.3 is 0 Å². The van der Waals surface area contributed by atoms with Crippen LogP contribution in [0, 0.1) is 5.92 Å². The van der Waals surface area contributed by atoms with Gasteiger partial charge in [0.1, 0.15) is 0 Å². The molecule has 3 aliphatic rings. The number of aryl methyl sites for hydroxylation is 1. The first-order valence-corrected chi connectivity index (χ1v) is 12.7. The Morgan fingerprint density at radius 1 is 1.27 bits per heavy atom. The molecule has 1 aromatic rings. The fraction of sp³-hybridized carbons (Fsp3) is 0.636. The van der Waals surface area contributed by atoms with Crippen LogP contribution in [0.25, 0.3) is 0 Å². The van der Waals surface area contributed by atoms with E-state index in [1.807, 2.05) is 31.2 Å². The minimum atomic E-state index is -3.12. The Hall–Kier alpha value is -1.93. The number of carbonyl (C=O) groups excluding carboxylic acids is 2. The van der Waals surface area contributed by atoms with Crippen LogP contribution in [0.3, 0.4) is 0 Å². The lowest BCUT2D eigenvalue weighted by molar-refractivity contribution is -0.139. The second-order valence-corrected chi connectivity index (χ2v) is 10.8. The predicted molar refractivity (Wildman–Crippen MR) is 114 cm³/mol. The van der Waals surface area contributed by atoms with Crippen molar-refractivity contribution in [2.45, 2.75) is 51.2 Å². The second kappa shape index (κ2) is 8.67. The van der Waals surface area contributed by atoms with Gasteiger partial charge in [0, 0.05) is 37.8 Å². The molecule has 0 spiro atoms. The van der Waals surface area contributed by atoms with Crippen molar-refractivity contribution >= 4 is 27.3 Å². The van der Waals surface area contributed by atoms with Gasteiger partial charge in [0.15, 0.2) is 9.84 Å². The molecule has 3 atom stereocenters. The smallest absolute Gasteiger partial charge is 0.228 e. The number of ether oxygens (including phenoxy) is 1. The highest BCUT2D eigenvalue weighted by Crippen LogP contribution is 2.31. The number of hydrogen-bond acceptors (Lipinski definition) is 5. The van der Waals surface area contributed by atoms with Gasteiger partial charge in [-0.15, -0.1) is 0 Å². The molecular weight excluding hydrogens is 404 g/mol. The molecule has 3 heterocycles. The first-order valence-electron chi connectivity index (χ1n) is 10.9. The summed E-state index contributed by atoms with van der Waals surface area (Å²) < 4.78 is 29.8. The van der Waals surface area contributed by atoms with E-state index in [0.717, 1.165) is 30.5 Å². The van der Waals surface area contributed by atoms with E-state index < -0.39 is 15.8 Å². The van der Waals surface area contributed by atoms with Gasteiger partial charge in [-0.2, -0.15) is 0 Å². The molecule has 8 heteroatoms. The maximum atomic E-state index is 13.5. The molecule has 30 heavy (non-hydrogen) atoms. The van der Waals surface area contributed by atoms with Crippen LogP contribution in [0.1, 0.15) is 38.2 Å². The largest absolute Gasteiger partial charge is 0.376 e. The quantitative estimate of drug-likeness (QED) is 0.682. The molecule has 3 aliphatic heterocycles. The number of sulfone groups is 1. The SMILES string of the molecule is CCc1ccccc1N1C[C@H](C(=O)N(C[C@H]2CCCO2)[C@@H]2CCS(=O)(=O)C2)CC1=O. The van der Waals surface area contributed by atoms with Gasteiger partial charge in [-0.1, -0.05) is 25.1 Å². The van der Waals surface area contributed by atoms with E-state index in [-0.39, 0.29) is 41.9 Å². The lowest BCUT2D eigenvalue weighted by Crippen LogP contribution is -2.48. The molecule has 3 saturated heterocycles. The van der Waals surface area contributed by atoms with Crippen molar-refractivity contribution in [3.8, 4) is 0 Å². The molecule has 0 radical (unpaired) electrons. The predicted octanol–water partition coefficient (Wildman–Crippen LogP) is 1.80. The Bertz CT molecular complexity index is 910. The third-order valence-electron chi connectivity index (χ3n) is 6.49. The zero-order valence-electron chi connectivity index (χ0n) is 17.5. The number of amides is 2. The molecule has 2 amide bonds. The van der Waals surface area contributed by atoms with E-state index in [0.29, 0.717) is 26.1 Å². The molecule has 3 fully saturated rings. The van der Waals surface area contributed by atoms with Crippen molar-refractivity contribution in [1.29, 1.82) is 0 Å². The normalized spacial score (nSPS) is 28.2. The maximum Gasteiger partial charge on any atom is 0.228 e. The van der Waals surface area contributed by atoms with Gasteiger partial charge in [-0.05, 0) is 37.3 Å². The molecule has 0 unspecified atom stereocenters. The number of hydrogen-bond donors (Lipinski definition) is 0. The number of rotatable bonds is 6. The second-order valence-electron chi connectivity index (χ2n) is 8.57. The molecule has 1 aromatic carbocycles. The van der Waals surface area contributed by atoms with Crippen LogP contribution in [0.2, 0.25) is 0 Å². The van der Waals surface area contributed by atoms with E-state index in [9.17, 15) is 18.0 Å². The minimum absolute atomic E-state index is 0.00844. The first-order chi connectivity index (χ1) is 14.4. The van der Waals surface area contributed by atoms with Crippen LogP contribution >= 0.6 is 0 Å². The molecule has 0 aromatic heterocycles.